The maximum absolute atomic E-state index is 12.5. The standard InChI is InChI=1S/C22H27N5O2/c1-18-17-20(25-13-15-29-16-14-25)24-22(23-18)27-11-9-26(10-12-27)21(28)8-7-19-5-3-2-4-6-19/h2-8,17H,9-16H2,1H3/b8-7+. The number of morpholine rings is 1. The van der Waals surface area contributed by atoms with E-state index < -0.39 is 0 Å². The van der Waals surface area contributed by atoms with Gasteiger partial charge in [0.2, 0.25) is 11.9 Å². The van der Waals surface area contributed by atoms with Gasteiger partial charge in [0.1, 0.15) is 5.82 Å². The summed E-state index contributed by atoms with van der Waals surface area (Å²) in [6.07, 6.45) is 3.53. The van der Waals surface area contributed by atoms with Crippen molar-refractivity contribution in [2.24, 2.45) is 0 Å². The number of benzene rings is 1. The van der Waals surface area contributed by atoms with Gasteiger partial charge in [-0.25, -0.2) is 4.98 Å². The van der Waals surface area contributed by atoms with E-state index in [1.54, 1.807) is 6.08 Å². The minimum Gasteiger partial charge on any atom is -0.378 e. The molecule has 0 unspecified atom stereocenters. The molecular weight excluding hydrogens is 366 g/mol. The van der Waals surface area contributed by atoms with Gasteiger partial charge < -0.3 is 19.4 Å². The minimum absolute atomic E-state index is 0.0488. The van der Waals surface area contributed by atoms with Crippen molar-refractivity contribution in [2.75, 3.05) is 62.3 Å². The fraction of sp³-hybridized carbons (Fsp3) is 0.409. The van der Waals surface area contributed by atoms with Crippen LogP contribution in [0.5, 0.6) is 0 Å². The average molecular weight is 393 g/mol. The van der Waals surface area contributed by atoms with Gasteiger partial charge in [-0.1, -0.05) is 30.3 Å². The minimum atomic E-state index is 0.0488. The van der Waals surface area contributed by atoms with E-state index in [9.17, 15) is 4.79 Å². The van der Waals surface area contributed by atoms with Gasteiger partial charge in [-0.15, -0.1) is 0 Å². The Morgan fingerprint density at radius 1 is 0.966 bits per heavy atom. The molecule has 0 atom stereocenters. The molecule has 152 valence electrons. The third kappa shape index (κ3) is 4.92. The Bertz CT molecular complexity index is 857. The second-order valence-corrected chi connectivity index (χ2v) is 7.32. The summed E-state index contributed by atoms with van der Waals surface area (Å²) in [4.78, 5) is 28.2. The normalized spacial score (nSPS) is 17.8. The Hall–Kier alpha value is -2.93. The van der Waals surface area contributed by atoms with Crippen molar-refractivity contribution in [2.45, 2.75) is 6.92 Å². The summed E-state index contributed by atoms with van der Waals surface area (Å²) in [5.74, 6) is 1.76. The van der Waals surface area contributed by atoms with Gasteiger partial charge in [0.15, 0.2) is 0 Å². The first-order valence-electron chi connectivity index (χ1n) is 10.1. The quantitative estimate of drug-likeness (QED) is 0.741. The molecule has 0 N–H and O–H groups in total. The first-order valence-corrected chi connectivity index (χ1v) is 10.1. The topological polar surface area (TPSA) is 61.8 Å². The van der Waals surface area contributed by atoms with E-state index in [1.165, 1.54) is 0 Å². The van der Waals surface area contributed by atoms with Crippen molar-refractivity contribution in [1.82, 2.24) is 14.9 Å². The van der Waals surface area contributed by atoms with Crippen molar-refractivity contribution in [3.05, 3.63) is 53.7 Å². The van der Waals surface area contributed by atoms with E-state index in [-0.39, 0.29) is 5.91 Å². The van der Waals surface area contributed by atoms with Crippen LogP contribution >= 0.6 is 0 Å². The van der Waals surface area contributed by atoms with Crippen LogP contribution in [0, 0.1) is 6.92 Å². The average Bonchev–Trinajstić information content (AvgIpc) is 2.78. The molecule has 1 aromatic carbocycles. The molecule has 2 aliphatic rings. The highest BCUT2D eigenvalue weighted by Gasteiger charge is 2.23. The highest BCUT2D eigenvalue weighted by atomic mass is 16.5. The molecule has 1 aromatic heterocycles. The summed E-state index contributed by atoms with van der Waals surface area (Å²) in [7, 11) is 0. The van der Waals surface area contributed by atoms with Crippen LogP contribution in [0.25, 0.3) is 6.08 Å². The molecule has 0 bridgehead atoms. The monoisotopic (exact) mass is 393 g/mol. The molecule has 2 aliphatic heterocycles. The lowest BCUT2D eigenvalue weighted by molar-refractivity contribution is -0.126. The fourth-order valence-corrected chi connectivity index (χ4v) is 3.60. The van der Waals surface area contributed by atoms with Gasteiger partial charge >= 0.3 is 0 Å². The van der Waals surface area contributed by atoms with Crippen LogP contribution in [0.1, 0.15) is 11.3 Å². The molecule has 1 amide bonds. The molecular formula is C22H27N5O2. The zero-order valence-electron chi connectivity index (χ0n) is 16.8. The number of aryl methyl sites for hydroxylation is 1. The molecule has 0 saturated carbocycles. The predicted octanol–water partition coefficient (Wildman–Crippen LogP) is 1.98. The van der Waals surface area contributed by atoms with Crippen LogP contribution in [0.15, 0.2) is 42.5 Å². The Labute approximate surface area is 171 Å². The fourth-order valence-electron chi connectivity index (χ4n) is 3.60. The highest BCUT2D eigenvalue weighted by Crippen LogP contribution is 2.19. The number of anilines is 2. The van der Waals surface area contributed by atoms with Crippen molar-refractivity contribution in [3.8, 4) is 0 Å². The second-order valence-electron chi connectivity index (χ2n) is 7.32. The van der Waals surface area contributed by atoms with Crippen LogP contribution in [-0.2, 0) is 9.53 Å². The van der Waals surface area contributed by atoms with Crippen molar-refractivity contribution in [3.63, 3.8) is 0 Å². The highest BCUT2D eigenvalue weighted by molar-refractivity contribution is 5.91. The van der Waals surface area contributed by atoms with Gasteiger partial charge in [0.25, 0.3) is 0 Å². The van der Waals surface area contributed by atoms with Crippen LogP contribution in [0.3, 0.4) is 0 Å². The maximum atomic E-state index is 12.5. The molecule has 0 radical (unpaired) electrons. The number of piperazine rings is 1. The van der Waals surface area contributed by atoms with E-state index in [0.29, 0.717) is 13.1 Å². The van der Waals surface area contributed by atoms with E-state index in [2.05, 4.69) is 14.8 Å². The van der Waals surface area contributed by atoms with E-state index >= 15 is 0 Å². The summed E-state index contributed by atoms with van der Waals surface area (Å²) in [6.45, 7) is 7.98. The number of hydrogen-bond donors (Lipinski definition) is 0. The first-order chi connectivity index (χ1) is 14.2. The third-order valence-electron chi connectivity index (χ3n) is 5.26. The lowest BCUT2D eigenvalue weighted by Crippen LogP contribution is -2.49. The van der Waals surface area contributed by atoms with Crippen LogP contribution in [0.4, 0.5) is 11.8 Å². The van der Waals surface area contributed by atoms with Crippen LogP contribution in [0.2, 0.25) is 0 Å². The van der Waals surface area contributed by atoms with Crippen molar-refractivity contribution in [1.29, 1.82) is 0 Å². The Morgan fingerprint density at radius 3 is 2.41 bits per heavy atom. The molecule has 7 nitrogen and oxygen atoms in total. The summed E-state index contributed by atoms with van der Waals surface area (Å²) < 4.78 is 5.44. The number of carbonyl (C=O) groups is 1. The second kappa shape index (κ2) is 9.05. The van der Waals surface area contributed by atoms with Gasteiger partial charge in [0.05, 0.1) is 13.2 Å². The number of aromatic nitrogens is 2. The van der Waals surface area contributed by atoms with Gasteiger partial charge in [-0.2, -0.15) is 4.98 Å². The molecule has 29 heavy (non-hydrogen) atoms. The summed E-state index contributed by atoms with van der Waals surface area (Å²) in [5.41, 5.74) is 1.99. The van der Waals surface area contributed by atoms with E-state index in [0.717, 1.165) is 62.4 Å². The number of carbonyl (C=O) groups excluding carboxylic acids is 1. The number of hydrogen-bond acceptors (Lipinski definition) is 6. The number of amides is 1. The Morgan fingerprint density at radius 2 is 1.69 bits per heavy atom. The summed E-state index contributed by atoms with van der Waals surface area (Å²) in [5, 5.41) is 0. The third-order valence-corrected chi connectivity index (χ3v) is 5.26. The van der Waals surface area contributed by atoms with Crippen LogP contribution in [-0.4, -0.2) is 73.3 Å². The zero-order chi connectivity index (χ0) is 20.1. The molecule has 0 aliphatic carbocycles. The van der Waals surface area contributed by atoms with E-state index in [1.807, 2.05) is 54.3 Å². The molecule has 2 fully saturated rings. The number of nitrogens with zero attached hydrogens (tertiary/aromatic N) is 5. The Kier molecular flexibility index (Phi) is 6.05. The predicted molar refractivity (Wildman–Crippen MR) is 114 cm³/mol. The molecule has 3 heterocycles. The lowest BCUT2D eigenvalue weighted by atomic mass is 10.2. The van der Waals surface area contributed by atoms with Crippen LogP contribution < -0.4 is 9.80 Å². The SMILES string of the molecule is Cc1cc(N2CCOCC2)nc(N2CCN(C(=O)/C=C/c3ccccc3)CC2)n1. The molecule has 0 spiro atoms. The van der Waals surface area contributed by atoms with Gasteiger partial charge in [-0.3, -0.25) is 4.79 Å². The molecule has 2 aromatic rings. The van der Waals surface area contributed by atoms with Crippen molar-refractivity contribution >= 4 is 23.7 Å². The van der Waals surface area contributed by atoms with Gasteiger partial charge in [-0.05, 0) is 18.6 Å². The summed E-state index contributed by atoms with van der Waals surface area (Å²) in [6, 6.07) is 11.9. The van der Waals surface area contributed by atoms with Crippen molar-refractivity contribution < 1.29 is 9.53 Å². The molecule has 4 rings (SSSR count). The number of ether oxygens (including phenoxy) is 1. The lowest BCUT2D eigenvalue weighted by Gasteiger charge is -2.35. The Balaban J connectivity index is 1.37. The van der Waals surface area contributed by atoms with E-state index in [4.69, 9.17) is 9.72 Å². The first kappa shape index (κ1) is 19.4. The zero-order valence-corrected chi connectivity index (χ0v) is 16.8. The number of rotatable bonds is 4. The summed E-state index contributed by atoms with van der Waals surface area (Å²) >= 11 is 0. The molecule has 7 heteroatoms. The maximum Gasteiger partial charge on any atom is 0.246 e. The largest absolute Gasteiger partial charge is 0.378 e. The molecule has 2 saturated heterocycles. The smallest absolute Gasteiger partial charge is 0.246 e. The van der Waals surface area contributed by atoms with Gasteiger partial charge in [0, 0.05) is 57.1 Å².